The van der Waals surface area contributed by atoms with Gasteiger partial charge in [0.05, 0.1) is 0 Å². The van der Waals surface area contributed by atoms with Crippen LogP contribution in [0.25, 0.3) is 0 Å². The highest BCUT2D eigenvalue weighted by Gasteiger charge is 2.39. The van der Waals surface area contributed by atoms with Crippen LogP contribution in [0.15, 0.2) is 24.3 Å². The van der Waals surface area contributed by atoms with Gasteiger partial charge in [0.15, 0.2) is 0 Å². The summed E-state index contributed by atoms with van der Waals surface area (Å²) in [4.78, 5) is 0. The molecule has 2 saturated carbocycles. The summed E-state index contributed by atoms with van der Waals surface area (Å²) in [6.45, 7) is 0.830. The molecule has 2 fully saturated rings. The van der Waals surface area contributed by atoms with Gasteiger partial charge in [0.25, 0.3) is 0 Å². The van der Waals surface area contributed by atoms with Crippen LogP contribution in [0.2, 0.25) is 0 Å². The molecular weight excluding hydrogens is 218 g/mol. The van der Waals surface area contributed by atoms with Gasteiger partial charge >= 0.3 is 0 Å². The van der Waals surface area contributed by atoms with Crippen molar-refractivity contribution in [2.45, 2.75) is 62.7 Å². The summed E-state index contributed by atoms with van der Waals surface area (Å²) in [6, 6.07) is 9.16. The Balaban J connectivity index is 1.94. The molecule has 1 aromatic carbocycles. The lowest BCUT2D eigenvalue weighted by atomic mass is 9.62. The molecule has 2 aliphatic rings. The Morgan fingerprint density at radius 2 is 1.72 bits per heavy atom. The molecule has 98 valence electrons. The average molecular weight is 243 g/mol. The van der Waals surface area contributed by atoms with Crippen LogP contribution < -0.4 is 5.73 Å². The van der Waals surface area contributed by atoms with Gasteiger partial charge in [0, 0.05) is 12.0 Å². The van der Waals surface area contributed by atoms with Crippen LogP contribution in [0.3, 0.4) is 0 Å². The first-order chi connectivity index (χ1) is 8.86. The third-order valence-electron chi connectivity index (χ3n) is 5.28. The lowest BCUT2D eigenvalue weighted by Gasteiger charge is -2.44. The summed E-state index contributed by atoms with van der Waals surface area (Å²) in [5, 5.41) is 0. The fraction of sp³-hybridized carbons (Fsp3) is 0.647. The first-order valence-corrected chi connectivity index (χ1v) is 7.65. The van der Waals surface area contributed by atoms with Crippen molar-refractivity contribution in [2.75, 3.05) is 6.54 Å². The van der Waals surface area contributed by atoms with Gasteiger partial charge in [-0.15, -0.1) is 0 Å². The maximum Gasteiger partial charge on any atom is 0.00784 e. The summed E-state index contributed by atoms with van der Waals surface area (Å²) >= 11 is 0. The van der Waals surface area contributed by atoms with Gasteiger partial charge in [-0.3, -0.25) is 0 Å². The third kappa shape index (κ3) is 1.99. The zero-order valence-electron chi connectivity index (χ0n) is 11.3. The van der Waals surface area contributed by atoms with Crippen LogP contribution in [-0.4, -0.2) is 6.54 Å². The summed E-state index contributed by atoms with van der Waals surface area (Å²) in [7, 11) is 0. The van der Waals surface area contributed by atoms with Crippen molar-refractivity contribution in [3.8, 4) is 0 Å². The standard InChI is InChI=1S/C17H25N/c18-13-17(11-6-12-17)16-10-5-4-9-15(16)14-7-2-1-3-8-14/h4-5,9-10,14H,1-3,6-8,11-13,18H2. The SMILES string of the molecule is NCC1(c2ccccc2C2CCCCC2)CCC1. The number of hydrogen-bond donors (Lipinski definition) is 1. The topological polar surface area (TPSA) is 26.0 Å². The van der Waals surface area contributed by atoms with Gasteiger partial charge < -0.3 is 5.73 Å². The lowest BCUT2D eigenvalue weighted by Crippen LogP contribution is -2.42. The molecule has 0 amide bonds. The number of nitrogens with two attached hydrogens (primary N) is 1. The normalized spacial score (nSPS) is 23.6. The summed E-state index contributed by atoms with van der Waals surface area (Å²) < 4.78 is 0. The summed E-state index contributed by atoms with van der Waals surface area (Å²) in [5.41, 5.74) is 9.64. The summed E-state index contributed by atoms with van der Waals surface area (Å²) in [6.07, 6.45) is 11.0. The van der Waals surface area contributed by atoms with Crippen LogP contribution in [0.1, 0.15) is 68.4 Å². The molecule has 2 aliphatic carbocycles. The molecule has 2 N–H and O–H groups in total. The molecule has 0 atom stereocenters. The van der Waals surface area contributed by atoms with E-state index in [1.54, 1.807) is 11.1 Å². The quantitative estimate of drug-likeness (QED) is 0.849. The molecular formula is C17H25N. The predicted molar refractivity (Wildman–Crippen MR) is 76.9 cm³/mol. The first-order valence-electron chi connectivity index (χ1n) is 7.65. The zero-order chi connectivity index (χ0) is 12.4. The van der Waals surface area contributed by atoms with Crippen molar-refractivity contribution in [3.05, 3.63) is 35.4 Å². The van der Waals surface area contributed by atoms with Gasteiger partial charge in [-0.05, 0) is 42.7 Å². The predicted octanol–water partition coefficient (Wildman–Crippen LogP) is 4.11. The van der Waals surface area contributed by atoms with Gasteiger partial charge in [0.2, 0.25) is 0 Å². The largest absolute Gasteiger partial charge is 0.330 e. The Morgan fingerprint density at radius 3 is 2.33 bits per heavy atom. The van der Waals surface area contributed by atoms with Crippen molar-refractivity contribution in [2.24, 2.45) is 5.73 Å². The van der Waals surface area contributed by atoms with Crippen LogP contribution in [0.4, 0.5) is 0 Å². The van der Waals surface area contributed by atoms with Crippen LogP contribution in [0.5, 0.6) is 0 Å². The molecule has 0 spiro atoms. The molecule has 1 nitrogen and oxygen atoms in total. The molecule has 1 aromatic rings. The van der Waals surface area contributed by atoms with E-state index >= 15 is 0 Å². The van der Waals surface area contributed by atoms with E-state index in [2.05, 4.69) is 24.3 Å². The van der Waals surface area contributed by atoms with Gasteiger partial charge in [-0.1, -0.05) is 49.9 Å². The molecule has 0 bridgehead atoms. The fourth-order valence-corrected chi connectivity index (χ4v) is 3.94. The zero-order valence-corrected chi connectivity index (χ0v) is 11.3. The lowest BCUT2D eigenvalue weighted by molar-refractivity contribution is 0.249. The van der Waals surface area contributed by atoms with Crippen molar-refractivity contribution in [1.29, 1.82) is 0 Å². The molecule has 18 heavy (non-hydrogen) atoms. The second-order valence-corrected chi connectivity index (χ2v) is 6.26. The van der Waals surface area contributed by atoms with Crippen molar-refractivity contribution in [1.82, 2.24) is 0 Å². The van der Waals surface area contributed by atoms with Crippen molar-refractivity contribution in [3.63, 3.8) is 0 Å². The Hall–Kier alpha value is -0.820. The Bertz CT molecular complexity index is 394. The highest BCUT2D eigenvalue weighted by molar-refractivity contribution is 5.39. The Morgan fingerprint density at radius 1 is 1.00 bits per heavy atom. The Labute approximate surface area is 111 Å². The van der Waals surface area contributed by atoms with E-state index in [9.17, 15) is 0 Å². The highest BCUT2D eigenvalue weighted by atomic mass is 14.6. The molecule has 0 radical (unpaired) electrons. The minimum atomic E-state index is 0.327. The van der Waals surface area contributed by atoms with E-state index in [1.807, 2.05) is 0 Å². The van der Waals surface area contributed by atoms with Crippen LogP contribution >= 0.6 is 0 Å². The van der Waals surface area contributed by atoms with Crippen molar-refractivity contribution >= 4 is 0 Å². The average Bonchev–Trinajstić information content (AvgIpc) is 2.40. The molecule has 0 unspecified atom stereocenters. The van der Waals surface area contributed by atoms with Gasteiger partial charge in [0.1, 0.15) is 0 Å². The minimum Gasteiger partial charge on any atom is -0.330 e. The second-order valence-electron chi connectivity index (χ2n) is 6.26. The summed E-state index contributed by atoms with van der Waals surface area (Å²) in [5.74, 6) is 0.805. The molecule has 0 saturated heterocycles. The fourth-order valence-electron chi connectivity index (χ4n) is 3.94. The molecule has 0 aliphatic heterocycles. The highest BCUT2D eigenvalue weighted by Crippen LogP contribution is 2.47. The molecule has 3 rings (SSSR count). The molecule has 0 aromatic heterocycles. The maximum atomic E-state index is 6.10. The van der Waals surface area contributed by atoms with Crippen molar-refractivity contribution < 1.29 is 0 Å². The Kier molecular flexibility index (Phi) is 3.43. The van der Waals surface area contributed by atoms with E-state index in [0.717, 1.165) is 12.5 Å². The minimum absolute atomic E-state index is 0.327. The van der Waals surface area contributed by atoms with Crippen LogP contribution in [0, 0.1) is 0 Å². The first kappa shape index (κ1) is 12.2. The van der Waals surface area contributed by atoms with Gasteiger partial charge in [-0.2, -0.15) is 0 Å². The van der Waals surface area contributed by atoms with E-state index in [-0.39, 0.29) is 0 Å². The second kappa shape index (κ2) is 5.05. The number of hydrogen-bond acceptors (Lipinski definition) is 1. The van der Waals surface area contributed by atoms with E-state index < -0.39 is 0 Å². The van der Waals surface area contributed by atoms with E-state index in [0.29, 0.717) is 5.41 Å². The molecule has 0 heterocycles. The van der Waals surface area contributed by atoms with E-state index in [1.165, 1.54) is 51.4 Å². The maximum absolute atomic E-state index is 6.10. The van der Waals surface area contributed by atoms with E-state index in [4.69, 9.17) is 5.73 Å². The van der Waals surface area contributed by atoms with Crippen LogP contribution in [-0.2, 0) is 5.41 Å². The number of rotatable bonds is 3. The molecule has 1 heteroatoms. The van der Waals surface area contributed by atoms with Gasteiger partial charge in [-0.25, -0.2) is 0 Å². The smallest absolute Gasteiger partial charge is 0.00784 e. The third-order valence-corrected chi connectivity index (χ3v) is 5.28. The monoisotopic (exact) mass is 243 g/mol. The number of benzene rings is 1.